The number of nitro groups is 1. The average Bonchev–Trinajstić information content (AvgIpc) is 3.13. The van der Waals surface area contributed by atoms with Gasteiger partial charge in [-0.2, -0.15) is 0 Å². The van der Waals surface area contributed by atoms with Crippen molar-refractivity contribution in [3.05, 3.63) is 99.4 Å². The van der Waals surface area contributed by atoms with Gasteiger partial charge in [0, 0.05) is 12.1 Å². The van der Waals surface area contributed by atoms with Gasteiger partial charge in [0.2, 0.25) is 0 Å². The van der Waals surface area contributed by atoms with Crippen molar-refractivity contribution in [3.8, 4) is 11.1 Å². The number of halogens is 1. The van der Waals surface area contributed by atoms with E-state index in [0.29, 0.717) is 6.61 Å². The number of non-ortho nitro benzene ring substituents is 1. The highest BCUT2D eigenvalue weighted by atomic mass is 19.1. The fourth-order valence-corrected chi connectivity index (χ4v) is 4.29. The molecule has 3 aromatic rings. The summed E-state index contributed by atoms with van der Waals surface area (Å²) in [7, 11) is 4.09. The van der Waals surface area contributed by atoms with Gasteiger partial charge in [0.15, 0.2) is 0 Å². The molecule has 31 heavy (non-hydrogen) atoms. The summed E-state index contributed by atoms with van der Waals surface area (Å²) >= 11 is 0. The van der Waals surface area contributed by atoms with Crippen molar-refractivity contribution in [1.82, 2.24) is 4.90 Å². The van der Waals surface area contributed by atoms with Crippen molar-refractivity contribution in [2.45, 2.75) is 25.0 Å². The van der Waals surface area contributed by atoms with Gasteiger partial charge < -0.3 is 9.64 Å². The molecule has 160 valence electrons. The lowest BCUT2D eigenvalue weighted by atomic mass is 9.81. The van der Waals surface area contributed by atoms with E-state index in [4.69, 9.17) is 4.74 Å². The van der Waals surface area contributed by atoms with Gasteiger partial charge in [-0.25, -0.2) is 4.39 Å². The van der Waals surface area contributed by atoms with Gasteiger partial charge >= 0.3 is 0 Å². The summed E-state index contributed by atoms with van der Waals surface area (Å²) in [4.78, 5) is 12.7. The largest absolute Gasteiger partial charge is 0.361 e. The van der Waals surface area contributed by atoms with Crippen LogP contribution in [0.25, 0.3) is 11.1 Å². The first-order valence-electron chi connectivity index (χ1n) is 10.3. The molecule has 0 bridgehead atoms. The molecule has 1 aliphatic rings. The predicted octanol–water partition coefficient (Wildman–Crippen LogP) is 5.52. The van der Waals surface area contributed by atoms with Crippen LogP contribution in [-0.4, -0.2) is 30.5 Å². The quantitative estimate of drug-likeness (QED) is 0.373. The summed E-state index contributed by atoms with van der Waals surface area (Å²) in [6, 6.07) is 19.3. The molecule has 3 aromatic carbocycles. The van der Waals surface area contributed by atoms with E-state index < -0.39 is 10.5 Å². The minimum Gasteiger partial charge on any atom is -0.361 e. The van der Waals surface area contributed by atoms with Crippen LogP contribution in [0.5, 0.6) is 0 Å². The summed E-state index contributed by atoms with van der Waals surface area (Å²) in [6.45, 7) is 1.40. The van der Waals surface area contributed by atoms with Gasteiger partial charge in [-0.3, -0.25) is 10.1 Å². The molecule has 1 unspecified atom stereocenters. The minimum atomic E-state index is -0.604. The summed E-state index contributed by atoms with van der Waals surface area (Å²) in [5.74, 6) is -0.265. The summed E-state index contributed by atoms with van der Waals surface area (Å²) in [6.07, 6.45) is 1.73. The van der Waals surface area contributed by atoms with Crippen molar-refractivity contribution in [2.75, 3.05) is 20.6 Å². The van der Waals surface area contributed by atoms with Crippen molar-refractivity contribution in [3.63, 3.8) is 0 Å². The molecule has 0 aromatic heterocycles. The smallest absolute Gasteiger partial charge is 0.269 e. The third-order valence-electron chi connectivity index (χ3n) is 5.87. The highest BCUT2D eigenvalue weighted by molar-refractivity contribution is 5.67. The Kier molecular flexibility index (Phi) is 5.85. The molecule has 0 fully saturated rings. The van der Waals surface area contributed by atoms with Crippen molar-refractivity contribution in [2.24, 2.45) is 0 Å². The topological polar surface area (TPSA) is 55.6 Å². The number of fused-ring (bicyclic) bond motifs is 1. The number of nitrogens with zero attached hydrogens (tertiary/aromatic N) is 2. The maximum absolute atomic E-state index is 13.6. The second kappa shape index (κ2) is 8.57. The third-order valence-corrected chi connectivity index (χ3v) is 5.87. The van der Waals surface area contributed by atoms with Crippen LogP contribution < -0.4 is 0 Å². The first-order valence-corrected chi connectivity index (χ1v) is 10.3. The predicted molar refractivity (Wildman–Crippen MR) is 118 cm³/mol. The molecular formula is C25H25FN2O3. The SMILES string of the molecule is CN(C)CCCC1(c2ccc(F)cc2)OCc2cc(-c3ccc([N+](=O)[O-])cc3)ccc21. The monoisotopic (exact) mass is 420 g/mol. The maximum Gasteiger partial charge on any atom is 0.269 e. The second-order valence-corrected chi connectivity index (χ2v) is 8.21. The molecule has 0 saturated carbocycles. The fraction of sp³-hybridized carbons (Fsp3) is 0.280. The van der Waals surface area contributed by atoms with Crippen molar-refractivity contribution in [1.29, 1.82) is 0 Å². The molecule has 1 atom stereocenters. The summed E-state index contributed by atoms with van der Waals surface area (Å²) in [5, 5.41) is 10.9. The van der Waals surface area contributed by atoms with E-state index in [1.165, 1.54) is 24.3 Å². The Morgan fingerprint density at radius 1 is 1.03 bits per heavy atom. The van der Waals surface area contributed by atoms with Gasteiger partial charge in [-0.1, -0.05) is 24.3 Å². The molecule has 4 rings (SSSR count). The Hall–Kier alpha value is -3.09. The van der Waals surface area contributed by atoms with Crippen LogP contribution in [0.4, 0.5) is 10.1 Å². The number of ether oxygens (including phenoxy) is 1. The van der Waals surface area contributed by atoms with Crippen LogP contribution in [0.1, 0.15) is 29.5 Å². The molecule has 0 saturated heterocycles. The van der Waals surface area contributed by atoms with Crippen LogP contribution in [0, 0.1) is 15.9 Å². The molecule has 0 radical (unpaired) electrons. The van der Waals surface area contributed by atoms with Gasteiger partial charge in [0.25, 0.3) is 5.69 Å². The average molecular weight is 420 g/mol. The molecule has 0 spiro atoms. The molecule has 5 nitrogen and oxygen atoms in total. The molecule has 0 aliphatic carbocycles. The lowest BCUT2D eigenvalue weighted by Gasteiger charge is -2.31. The normalized spacial score (nSPS) is 17.7. The molecule has 0 N–H and O–H groups in total. The van der Waals surface area contributed by atoms with Gasteiger partial charge in [0.1, 0.15) is 11.4 Å². The molecular weight excluding hydrogens is 395 g/mol. The fourth-order valence-electron chi connectivity index (χ4n) is 4.29. The first kappa shape index (κ1) is 21.2. The van der Waals surface area contributed by atoms with Crippen LogP contribution in [0.15, 0.2) is 66.7 Å². The third kappa shape index (κ3) is 4.22. The Morgan fingerprint density at radius 3 is 2.35 bits per heavy atom. The zero-order valence-electron chi connectivity index (χ0n) is 17.7. The maximum atomic E-state index is 13.6. The number of hydrogen-bond acceptors (Lipinski definition) is 4. The van der Waals surface area contributed by atoms with Crippen LogP contribution in [-0.2, 0) is 16.9 Å². The van der Waals surface area contributed by atoms with Crippen molar-refractivity contribution >= 4 is 5.69 Å². The number of rotatable bonds is 7. The van der Waals surface area contributed by atoms with Crippen LogP contribution in [0.2, 0.25) is 0 Å². The van der Waals surface area contributed by atoms with Crippen LogP contribution in [0.3, 0.4) is 0 Å². The summed E-state index contributed by atoms with van der Waals surface area (Å²) in [5.41, 5.74) is 4.51. The standard InChI is InChI=1S/C25H25FN2O3/c1-27(2)15-3-14-25(21-7-9-22(26)10-8-21)24-13-6-19(16-20(24)17-31-25)18-4-11-23(12-5-18)28(29)30/h4-13,16H,3,14-15,17H2,1-2H3. The van der Waals surface area contributed by atoms with E-state index >= 15 is 0 Å². The first-order chi connectivity index (χ1) is 14.9. The summed E-state index contributed by atoms with van der Waals surface area (Å²) < 4.78 is 20.0. The second-order valence-electron chi connectivity index (χ2n) is 8.21. The number of nitro benzene ring substituents is 1. The molecule has 1 aliphatic heterocycles. The van der Waals surface area contributed by atoms with E-state index in [9.17, 15) is 14.5 Å². The Balaban J connectivity index is 1.70. The van der Waals surface area contributed by atoms with E-state index in [-0.39, 0.29) is 11.5 Å². The van der Waals surface area contributed by atoms with Gasteiger partial charge in [-0.15, -0.1) is 0 Å². The minimum absolute atomic E-state index is 0.0736. The Bertz CT molecular complexity index is 1080. The molecule has 1 heterocycles. The highest BCUT2D eigenvalue weighted by Gasteiger charge is 2.41. The lowest BCUT2D eigenvalue weighted by Crippen LogP contribution is -2.28. The Morgan fingerprint density at radius 2 is 1.71 bits per heavy atom. The molecule has 0 amide bonds. The van der Waals surface area contributed by atoms with E-state index in [1.54, 1.807) is 12.1 Å². The van der Waals surface area contributed by atoms with Gasteiger partial charge in [-0.05, 0) is 91.6 Å². The van der Waals surface area contributed by atoms with Crippen molar-refractivity contribution < 1.29 is 14.1 Å². The van der Waals surface area contributed by atoms with Crippen LogP contribution >= 0.6 is 0 Å². The van der Waals surface area contributed by atoms with E-state index in [0.717, 1.165) is 47.2 Å². The van der Waals surface area contributed by atoms with E-state index in [1.807, 2.05) is 32.3 Å². The number of hydrogen-bond donors (Lipinski definition) is 0. The zero-order valence-corrected chi connectivity index (χ0v) is 17.7. The molecule has 6 heteroatoms. The zero-order chi connectivity index (χ0) is 22.0. The lowest BCUT2D eigenvalue weighted by molar-refractivity contribution is -0.384. The highest BCUT2D eigenvalue weighted by Crippen LogP contribution is 2.46. The number of benzene rings is 3. The van der Waals surface area contributed by atoms with Gasteiger partial charge in [0.05, 0.1) is 11.5 Å². The van der Waals surface area contributed by atoms with E-state index in [2.05, 4.69) is 17.0 Å². The Labute approximate surface area is 181 Å².